The van der Waals surface area contributed by atoms with Crippen LogP contribution < -0.4 is 21.9 Å². The van der Waals surface area contributed by atoms with Crippen LogP contribution in [0.1, 0.15) is 25.5 Å². The van der Waals surface area contributed by atoms with Crippen molar-refractivity contribution in [2.45, 2.75) is 38.9 Å². The Bertz CT molecular complexity index is 1590. The molecule has 4 aromatic rings. The van der Waals surface area contributed by atoms with Gasteiger partial charge in [0, 0.05) is 37.9 Å². The number of rotatable bonds is 5. The van der Waals surface area contributed by atoms with E-state index in [9.17, 15) is 9.59 Å². The zero-order chi connectivity index (χ0) is 25.2. The number of imidazole rings is 1. The molecule has 3 aromatic heterocycles. The smallest absolute Gasteiger partial charge is 0.332 e. The lowest BCUT2D eigenvalue weighted by atomic mass is 10.1. The molecule has 1 saturated heterocycles. The molecule has 1 aliphatic rings. The summed E-state index contributed by atoms with van der Waals surface area (Å²) in [6, 6.07) is 11.3. The minimum absolute atomic E-state index is 0.0123. The molecule has 36 heavy (non-hydrogen) atoms. The summed E-state index contributed by atoms with van der Waals surface area (Å²) in [6.07, 6.45) is 3.52. The zero-order valence-electron chi connectivity index (χ0n) is 20.4. The lowest BCUT2D eigenvalue weighted by molar-refractivity contribution is 0.496. The van der Waals surface area contributed by atoms with Crippen molar-refractivity contribution >= 4 is 17.1 Å². The summed E-state index contributed by atoms with van der Waals surface area (Å²) in [7, 11) is 1.63. The fourth-order valence-corrected chi connectivity index (χ4v) is 4.61. The predicted molar refractivity (Wildman–Crippen MR) is 139 cm³/mol. The van der Waals surface area contributed by atoms with Crippen molar-refractivity contribution < 1.29 is 0 Å². The van der Waals surface area contributed by atoms with Crippen LogP contribution in [0.2, 0.25) is 0 Å². The largest absolute Gasteiger partial charge is 0.341 e. The average Bonchev–Trinajstić information content (AvgIpc) is 3.29. The van der Waals surface area contributed by atoms with E-state index < -0.39 is 11.2 Å². The Labute approximate surface area is 208 Å². The molecule has 184 valence electrons. The molecule has 0 spiro atoms. The molecule has 2 N–H and O–H groups in total. The van der Waals surface area contributed by atoms with Crippen molar-refractivity contribution in [3.63, 3.8) is 0 Å². The van der Waals surface area contributed by atoms with E-state index in [1.165, 1.54) is 9.13 Å². The Morgan fingerprint density at radius 3 is 2.67 bits per heavy atom. The number of fused-ring (bicyclic) bond motifs is 1. The highest BCUT2D eigenvalue weighted by Crippen LogP contribution is 2.23. The molecular formula is C26H28N8O2. The van der Waals surface area contributed by atoms with Crippen molar-refractivity contribution in [1.29, 1.82) is 0 Å². The number of hydrogen-bond acceptors (Lipinski definition) is 7. The number of aromatic nitrogens is 6. The van der Waals surface area contributed by atoms with Gasteiger partial charge in [-0.25, -0.2) is 14.8 Å². The number of nitrogens with two attached hydrogens (primary N) is 1. The zero-order valence-corrected chi connectivity index (χ0v) is 20.4. The molecule has 0 bridgehead atoms. The number of benzene rings is 1. The fourth-order valence-electron chi connectivity index (χ4n) is 4.61. The molecule has 0 saturated carbocycles. The number of aryl methyl sites for hydroxylation is 1. The van der Waals surface area contributed by atoms with Gasteiger partial charge in [-0.05, 0) is 25.8 Å². The van der Waals surface area contributed by atoms with E-state index in [-0.39, 0.29) is 19.1 Å². The summed E-state index contributed by atoms with van der Waals surface area (Å²) in [5, 5.41) is 0. The van der Waals surface area contributed by atoms with Crippen LogP contribution in [-0.4, -0.2) is 47.8 Å². The van der Waals surface area contributed by atoms with E-state index in [1.54, 1.807) is 30.8 Å². The SMILES string of the molecule is CC#CCn1c(N2CCCC(N)C2)nc2c1c(=O)n(Cc1ccnc(-c3ccccc3)n1)c(=O)n2C. The van der Waals surface area contributed by atoms with E-state index in [0.717, 1.165) is 24.9 Å². The number of hydrogen-bond donors (Lipinski definition) is 1. The van der Waals surface area contributed by atoms with E-state index in [2.05, 4.69) is 26.7 Å². The standard InChI is InChI=1S/C26H28N8O2/c1-3-4-15-33-21-23(30-25(33)32-14-8-11-19(27)16-32)31(2)26(36)34(24(21)35)17-20-12-13-28-22(29-20)18-9-6-5-7-10-18/h5-7,9-10,12-13,19H,8,11,14-17,27H2,1-2H3. The molecule has 10 nitrogen and oxygen atoms in total. The van der Waals surface area contributed by atoms with Crippen LogP contribution in [0.15, 0.2) is 52.2 Å². The number of piperidine rings is 1. The normalized spacial score (nSPS) is 15.6. The van der Waals surface area contributed by atoms with Crippen molar-refractivity contribution in [3.8, 4) is 23.2 Å². The second-order valence-corrected chi connectivity index (χ2v) is 8.92. The van der Waals surface area contributed by atoms with Gasteiger partial charge in [0.25, 0.3) is 5.56 Å². The van der Waals surface area contributed by atoms with Gasteiger partial charge >= 0.3 is 5.69 Å². The first-order valence-electron chi connectivity index (χ1n) is 12.0. The predicted octanol–water partition coefficient (Wildman–Crippen LogP) is 1.35. The summed E-state index contributed by atoms with van der Waals surface area (Å²) in [5.74, 6) is 7.09. The molecule has 1 unspecified atom stereocenters. The van der Waals surface area contributed by atoms with Gasteiger partial charge in [0.15, 0.2) is 17.0 Å². The average molecular weight is 485 g/mol. The third-order valence-corrected chi connectivity index (χ3v) is 6.43. The quantitative estimate of drug-likeness (QED) is 0.425. The second kappa shape index (κ2) is 9.79. The van der Waals surface area contributed by atoms with Crippen LogP contribution in [0, 0.1) is 11.8 Å². The summed E-state index contributed by atoms with van der Waals surface area (Å²) in [6.45, 7) is 3.46. The Morgan fingerprint density at radius 1 is 1.11 bits per heavy atom. The Morgan fingerprint density at radius 2 is 1.92 bits per heavy atom. The lowest BCUT2D eigenvalue weighted by Gasteiger charge is -2.31. The van der Waals surface area contributed by atoms with Crippen molar-refractivity contribution in [2.75, 3.05) is 18.0 Å². The van der Waals surface area contributed by atoms with Crippen LogP contribution in [0.4, 0.5) is 5.95 Å². The van der Waals surface area contributed by atoms with Crippen LogP contribution in [0.25, 0.3) is 22.6 Å². The minimum atomic E-state index is -0.458. The lowest BCUT2D eigenvalue weighted by Crippen LogP contribution is -2.44. The van der Waals surface area contributed by atoms with Gasteiger partial charge in [-0.2, -0.15) is 4.98 Å². The van der Waals surface area contributed by atoms with E-state index in [0.29, 0.717) is 35.2 Å². The van der Waals surface area contributed by atoms with Gasteiger partial charge in [-0.15, -0.1) is 5.92 Å². The summed E-state index contributed by atoms with van der Waals surface area (Å²) in [5.41, 5.74) is 7.42. The topological polar surface area (TPSA) is 117 Å². The van der Waals surface area contributed by atoms with Crippen LogP contribution in [-0.2, 0) is 20.1 Å². The Kier molecular flexibility index (Phi) is 6.40. The first-order chi connectivity index (χ1) is 17.5. The van der Waals surface area contributed by atoms with Crippen molar-refractivity contribution in [2.24, 2.45) is 12.8 Å². The molecule has 0 aliphatic carbocycles. The first kappa shape index (κ1) is 23.5. The highest BCUT2D eigenvalue weighted by atomic mass is 16.2. The Hall–Kier alpha value is -4.23. The third-order valence-electron chi connectivity index (χ3n) is 6.43. The molecule has 10 heteroatoms. The highest BCUT2D eigenvalue weighted by molar-refractivity contribution is 5.75. The fraction of sp³-hybridized carbons (Fsp3) is 0.346. The van der Waals surface area contributed by atoms with E-state index >= 15 is 0 Å². The molecule has 0 radical (unpaired) electrons. The maximum Gasteiger partial charge on any atom is 0.332 e. The molecule has 0 amide bonds. The minimum Gasteiger partial charge on any atom is -0.341 e. The number of nitrogens with zero attached hydrogens (tertiary/aromatic N) is 7. The maximum absolute atomic E-state index is 13.8. The molecule has 1 aromatic carbocycles. The van der Waals surface area contributed by atoms with Gasteiger partial charge in [0.2, 0.25) is 5.95 Å². The molecule has 4 heterocycles. The van der Waals surface area contributed by atoms with Crippen LogP contribution in [0.5, 0.6) is 0 Å². The third kappa shape index (κ3) is 4.29. The molecule has 5 rings (SSSR count). The van der Waals surface area contributed by atoms with Crippen molar-refractivity contribution in [1.82, 2.24) is 28.7 Å². The molecular weight excluding hydrogens is 456 g/mol. The van der Waals surface area contributed by atoms with E-state index in [4.69, 9.17) is 10.7 Å². The van der Waals surface area contributed by atoms with Crippen LogP contribution in [0.3, 0.4) is 0 Å². The monoisotopic (exact) mass is 484 g/mol. The van der Waals surface area contributed by atoms with Crippen LogP contribution >= 0.6 is 0 Å². The molecule has 1 atom stereocenters. The summed E-state index contributed by atoms with van der Waals surface area (Å²) in [4.78, 5) is 42.8. The maximum atomic E-state index is 13.8. The first-order valence-corrected chi connectivity index (χ1v) is 12.0. The molecule has 1 fully saturated rings. The summed E-state index contributed by atoms with van der Waals surface area (Å²) < 4.78 is 4.42. The Balaban J connectivity index is 1.63. The van der Waals surface area contributed by atoms with Gasteiger partial charge in [0.1, 0.15) is 0 Å². The number of anilines is 1. The second-order valence-electron chi connectivity index (χ2n) is 8.92. The van der Waals surface area contributed by atoms with Gasteiger partial charge in [0.05, 0.1) is 18.8 Å². The van der Waals surface area contributed by atoms with E-state index in [1.807, 2.05) is 30.3 Å². The summed E-state index contributed by atoms with van der Waals surface area (Å²) >= 11 is 0. The van der Waals surface area contributed by atoms with Gasteiger partial charge in [-0.1, -0.05) is 36.3 Å². The van der Waals surface area contributed by atoms with Crippen molar-refractivity contribution in [3.05, 3.63) is 69.1 Å². The highest BCUT2D eigenvalue weighted by Gasteiger charge is 2.26. The van der Waals surface area contributed by atoms with Gasteiger partial charge < -0.3 is 10.6 Å². The molecule has 1 aliphatic heterocycles. The van der Waals surface area contributed by atoms with Gasteiger partial charge in [-0.3, -0.25) is 18.5 Å².